The van der Waals surface area contributed by atoms with E-state index in [9.17, 15) is 0 Å². The first kappa shape index (κ1) is 11.0. The Bertz CT molecular complexity index is 369. The normalized spacial score (nSPS) is 28.7. The first-order valence-electron chi connectivity index (χ1n) is 5.85. The van der Waals surface area contributed by atoms with Gasteiger partial charge in [-0.3, -0.25) is 0 Å². The molecule has 0 radical (unpaired) electrons. The first-order valence-corrected chi connectivity index (χ1v) is 7.05. The molecule has 3 rings (SSSR count). The van der Waals surface area contributed by atoms with Crippen LogP contribution in [0.3, 0.4) is 0 Å². The van der Waals surface area contributed by atoms with Crippen LogP contribution in [0, 0.1) is 5.92 Å². The minimum absolute atomic E-state index is 0.255. The number of hydrogen-bond donors (Lipinski definition) is 1. The molecule has 0 bridgehead atoms. The number of piperidine rings is 1. The van der Waals surface area contributed by atoms with Crippen molar-refractivity contribution in [1.82, 2.24) is 5.32 Å². The Morgan fingerprint density at radius 2 is 2.31 bits per heavy atom. The lowest BCUT2D eigenvalue weighted by Gasteiger charge is -2.48. The molecule has 1 unspecified atom stereocenters. The van der Waals surface area contributed by atoms with Crippen molar-refractivity contribution in [2.24, 2.45) is 5.92 Å². The summed E-state index contributed by atoms with van der Waals surface area (Å²) in [7, 11) is 0. The summed E-state index contributed by atoms with van der Waals surface area (Å²) in [4.78, 5) is 1.41. The number of halogens is 1. The average Bonchev–Trinajstić information content (AvgIpc) is 2.65. The molecule has 16 heavy (non-hydrogen) atoms. The number of nitrogens with one attached hydrogen (secondary N) is 1. The van der Waals surface area contributed by atoms with Gasteiger partial charge in [0.15, 0.2) is 0 Å². The van der Waals surface area contributed by atoms with Gasteiger partial charge in [-0.1, -0.05) is 11.6 Å². The molecule has 0 saturated carbocycles. The minimum Gasteiger partial charge on any atom is -0.379 e. The van der Waals surface area contributed by atoms with Gasteiger partial charge in [0.2, 0.25) is 0 Å². The van der Waals surface area contributed by atoms with Crippen LogP contribution in [0.2, 0.25) is 4.34 Å². The molecule has 0 aromatic carbocycles. The molecule has 1 aromatic rings. The highest BCUT2D eigenvalue weighted by molar-refractivity contribution is 7.16. The Kier molecular flexibility index (Phi) is 2.96. The highest BCUT2D eigenvalue weighted by atomic mass is 35.5. The average molecular weight is 258 g/mol. The molecule has 0 amide bonds. The van der Waals surface area contributed by atoms with E-state index in [4.69, 9.17) is 16.3 Å². The minimum atomic E-state index is 0.255. The summed E-state index contributed by atoms with van der Waals surface area (Å²) in [6.45, 7) is 4.03. The summed E-state index contributed by atoms with van der Waals surface area (Å²) in [6.07, 6.45) is 2.59. The number of thiophene rings is 1. The number of ether oxygens (including phenoxy) is 1. The van der Waals surface area contributed by atoms with E-state index in [1.807, 2.05) is 6.07 Å². The van der Waals surface area contributed by atoms with Crippen LogP contribution in [-0.2, 0) is 10.2 Å². The van der Waals surface area contributed by atoms with E-state index >= 15 is 0 Å². The van der Waals surface area contributed by atoms with Crippen LogP contribution in [0.25, 0.3) is 0 Å². The SMILES string of the molecule is Clc1ccc(C2(C3CCCNC3)COC2)s1. The topological polar surface area (TPSA) is 21.3 Å². The van der Waals surface area contributed by atoms with Crippen molar-refractivity contribution >= 4 is 22.9 Å². The van der Waals surface area contributed by atoms with Crippen molar-refractivity contribution < 1.29 is 4.74 Å². The fourth-order valence-corrected chi connectivity index (χ4v) is 4.09. The summed E-state index contributed by atoms with van der Waals surface area (Å²) in [6, 6.07) is 4.20. The lowest BCUT2D eigenvalue weighted by molar-refractivity contribution is -0.0928. The van der Waals surface area contributed by atoms with E-state index in [1.165, 1.54) is 24.3 Å². The van der Waals surface area contributed by atoms with E-state index in [2.05, 4.69) is 11.4 Å². The van der Waals surface area contributed by atoms with Crippen LogP contribution in [-0.4, -0.2) is 26.3 Å². The zero-order chi connectivity index (χ0) is 11.0. The van der Waals surface area contributed by atoms with E-state index in [0.717, 1.165) is 24.1 Å². The zero-order valence-corrected chi connectivity index (χ0v) is 10.7. The molecule has 2 aliphatic heterocycles. The van der Waals surface area contributed by atoms with Crippen molar-refractivity contribution in [3.63, 3.8) is 0 Å². The molecule has 2 fully saturated rings. The first-order chi connectivity index (χ1) is 7.81. The van der Waals surface area contributed by atoms with Crippen molar-refractivity contribution in [3.8, 4) is 0 Å². The van der Waals surface area contributed by atoms with E-state index in [0.29, 0.717) is 5.92 Å². The molecule has 0 spiro atoms. The Morgan fingerprint density at radius 3 is 2.81 bits per heavy atom. The molecule has 0 aliphatic carbocycles. The van der Waals surface area contributed by atoms with Crippen LogP contribution < -0.4 is 5.32 Å². The summed E-state index contributed by atoms with van der Waals surface area (Å²) in [5.41, 5.74) is 0.255. The van der Waals surface area contributed by atoms with Crippen molar-refractivity contribution in [2.45, 2.75) is 18.3 Å². The van der Waals surface area contributed by atoms with E-state index < -0.39 is 0 Å². The maximum atomic E-state index is 6.05. The van der Waals surface area contributed by atoms with Crippen LogP contribution >= 0.6 is 22.9 Å². The maximum absolute atomic E-state index is 6.05. The molecule has 1 N–H and O–H groups in total. The second-order valence-electron chi connectivity index (χ2n) is 4.80. The molecule has 4 heteroatoms. The fourth-order valence-electron chi connectivity index (χ4n) is 2.81. The van der Waals surface area contributed by atoms with Gasteiger partial charge in [-0.25, -0.2) is 0 Å². The van der Waals surface area contributed by atoms with Gasteiger partial charge in [0, 0.05) is 4.88 Å². The summed E-state index contributed by atoms with van der Waals surface area (Å²) < 4.78 is 6.38. The standard InChI is InChI=1S/C12H16ClNOS/c13-11-4-3-10(16-11)12(7-15-8-12)9-2-1-5-14-6-9/h3-4,9,14H,1-2,5-8H2. The third-order valence-corrected chi connectivity index (χ3v) is 5.31. The molecular weight excluding hydrogens is 242 g/mol. The van der Waals surface area contributed by atoms with Crippen molar-refractivity contribution in [1.29, 1.82) is 0 Å². The van der Waals surface area contributed by atoms with Gasteiger partial charge >= 0.3 is 0 Å². The van der Waals surface area contributed by atoms with Gasteiger partial charge in [0.25, 0.3) is 0 Å². The molecule has 2 nitrogen and oxygen atoms in total. The highest BCUT2D eigenvalue weighted by Gasteiger charge is 2.48. The van der Waals surface area contributed by atoms with Crippen molar-refractivity contribution in [2.75, 3.05) is 26.3 Å². The van der Waals surface area contributed by atoms with Gasteiger partial charge in [-0.2, -0.15) is 0 Å². The largest absolute Gasteiger partial charge is 0.379 e. The van der Waals surface area contributed by atoms with Crippen LogP contribution in [0.1, 0.15) is 17.7 Å². The lowest BCUT2D eigenvalue weighted by Crippen LogP contribution is -2.55. The third kappa shape index (κ3) is 1.70. The molecule has 2 aliphatic rings. The number of rotatable bonds is 2. The summed E-state index contributed by atoms with van der Waals surface area (Å²) >= 11 is 7.77. The Morgan fingerprint density at radius 1 is 1.44 bits per heavy atom. The molecule has 88 valence electrons. The Hall–Kier alpha value is -0.0900. The Labute approximate surface area is 105 Å². The smallest absolute Gasteiger partial charge is 0.0931 e. The Balaban J connectivity index is 1.87. The van der Waals surface area contributed by atoms with Gasteiger partial charge in [0.1, 0.15) is 0 Å². The molecule has 2 saturated heterocycles. The lowest BCUT2D eigenvalue weighted by atomic mass is 9.69. The van der Waals surface area contributed by atoms with Crippen LogP contribution in [0.15, 0.2) is 12.1 Å². The predicted octanol–water partition coefficient (Wildman–Crippen LogP) is 2.67. The van der Waals surface area contributed by atoms with Crippen molar-refractivity contribution in [3.05, 3.63) is 21.3 Å². The van der Waals surface area contributed by atoms with E-state index in [-0.39, 0.29) is 5.41 Å². The van der Waals surface area contributed by atoms with E-state index in [1.54, 1.807) is 11.3 Å². The molecule has 1 atom stereocenters. The fraction of sp³-hybridized carbons (Fsp3) is 0.667. The molecular formula is C12H16ClNOS. The molecule has 3 heterocycles. The maximum Gasteiger partial charge on any atom is 0.0931 e. The highest BCUT2D eigenvalue weighted by Crippen LogP contribution is 2.45. The van der Waals surface area contributed by atoms with Gasteiger partial charge in [0.05, 0.1) is 23.0 Å². The van der Waals surface area contributed by atoms with Crippen LogP contribution in [0.5, 0.6) is 0 Å². The predicted molar refractivity (Wildman–Crippen MR) is 67.4 cm³/mol. The second kappa shape index (κ2) is 4.30. The monoisotopic (exact) mass is 257 g/mol. The van der Waals surface area contributed by atoms with Gasteiger partial charge in [-0.05, 0) is 44.0 Å². The zero-order valence-electron chi connectivity index (χ0n) is 9.17. The quantitative estimate of drug-likeness (QED) is 0.880. The summed E-state index contributed by atoms with van der Waals surface area (Å²) in [5, 5.41) is 3.50. The molecule has 1 aromatic heterocycles. The third-order valence-electron chi connectivity index (χ3n) is 3.86. The number of hydrogen-bond acceptors (Lipinski definition) is 3. The van der Waals surface area contributed by atoms with Gasteiger partial charge < -0.3 is 10.1 Å². The van der Waals surface area contributed by atoms with Gasteiger partial charge in [-0.15, -0.1) is 11.3 Å². The summed E-state index contributed by atoms with van der Waals surface area (Å²) in [5.74, 6) is 0.713. The second-order valence-corrected chi connectivity index (χ2v) is 6.51. The van der Waals surface area contributed by atoms with Crippen LogP contribution in [0.4, 0.5) is 0 Å².